The van der Waals surface area contributed by atoms with Crippen LogP contribution < -0.4 is 5.32 Å². The fourth-order valence-electron chi connectivity index (χ4n) is 2.01. The summed E-state index contributed by atoms with van der Waals surface area (Å²) in [6, 6.07) is 14.7. The molecule has 1 aliphatic rings. The molecule has 116 valence electrons. The summed E-state index contributed by atoms with van der Waals surface area (Å²) in [5, 5.41) is 11.9. The second-order valence-electron chi connectivity index (χ2n) is 4.71. The van der Waals surface area contributed by atoms with Gasteiger partial charge in [0.15, 0.2) is 5.17 Å². The van der Waals surface area contributed by atoms with E-state index in [0.29, 0.717) is 20.8 Å². The summed E-state index contributed by atoms with van der Waals surface area (Å²) in [7, 11) is 0. The van der Waals surface area contributed by atoms with Crippen LogP contribution in [0.5, 0.6) is 0 Å². The first-order valence-corrected chi connectivity index (χ1v) is 8.35. The number of nitrogens with one attached hydrogen (secondary N) is 1. The summed E-state index contributed by atoms with van der Waals surface area (Å²) in [4.78, 5) is 12.0. The van der Waals surface area contributed by atoms with Crippen molar-refractivity contribution in [2.45, 2.75) is 5.25 Å². The van der Waals surface area contributed by atoms with E-state index in [9.17, 15) is 4.79 Å². The summed E-state index contributed by atoms with van der Waals surface area (Å²) >= 11 is 13.2. The van der Waals surface area contributed by atoms with E-state index in [2.05, 4.69) is 15.5 Å². The Balaban J connectivity index is 1.72. The molecular formula is C16H11Cl2N3OS. The number of hydrogen-bond donors (Lipinski definition) is 1. The Morgan fingerprint density at radius 2 is 1.91 bits per heavy atom. The highest BCUT2D eigenvalue weighted by Crippen LogP contribution is 2.34. The normalized spacial score (nSPS) is 19.5. The summed E-state index contributed by atoms with van der Waals surface area (Å²) in [6.45, 7) is 0. The van der Waals surface area contributed by atoms with Gasteiger partial charge in [-0.3, -0.25) is 4.79 Å². The number of amides is 1. The molecule has 23 heavy (non-hydrogen) atoms. The number of halogens is 2. The quantitative estimate of drug-likeness (QED) is 0.653. The van der Waals surface area contributed by atoms with Crippen molar-refractivity contribution in [3.05, 3.63) is 69.7 Å². The number of thioether (sulfide) groups is 1. The third-order valence-electron chi connectivity index (χ3n) is 3.11. The van der Waals surface area contributed by atoms with Gasteiger partial charge in [0.2, 0.25) is 5.91 Å². The molecule has 1 aliphatic heterocycles. The van der Waals surface area contributed by atoms with E-state index in [-0.39, 0.29) is 11.2 Å². The van der Waals surface area contributed by atoms with Gasteiger partial charge in [-0.15, -0.1) is 5.10 Å². The predicted molar refractivity (Wildman–Crippen MR) is 96.4 cm³/mol. The Labute approximate surface area is 147 Å². The van der Waals surface area contributed by atoms with Gasteiger partial charge in [0.05, 0.1) is 11.2 Å². The third-order valence-corrected chi connectivity index (χ3v) is 4.80. The maximum absolute atomic E-state index is 12.0. The molecule has 2 aromatic carbocycles. The van der Waals surface area contributed by atoms with Gasteiger partial charge in [-0.05, 0) is 17.7 Å². The molecular weight excluding hydrogens is 353 g/mol. The van der Waals surface area contributed by atoms with Gasteiger partial charge >= 0.3 is 0 Å². The van der Waals surface area contributed by atoms with Gasteiger partial charge in [0.25, 0.3) is 0 Å². The molecule has 0 saturated carbocycles. The molecule has 0 unspecified atom stereocenters. The molecule has 1 fully saturated rings. The number of benzene rings is 2. The second kappa shape index (κ2) is 7.17. The minimum Gasteiger partial charge on any atom is -0.302 e. The molecule has 0 aromatic heterocycles. The van der Waals surface area contributed by atoms with E-state index in [1.807, 2.05) is 30.3 Å². The molecule has 0 radical (unpaired) electrons. The van der Waals surface area contributed by atoms with Gasteiger partial charge in [-0.25, -0.2) is 0 Å². The first-order chi connectivity index (χ1) is 11.1. The van der Waals surface area contributed by atoms with Crippen LogP contribution in [0.1, 0.15) is 16.4 Å². The molecule has 2 aromatic rings. The number of rotatable bonds is 3. The summed E-state index contributed by atoms with van der Waals surface area (Å²) in [6.07, 6.45) is 1.52. The third kappa shape index (κ3) is 3.93. The predicted octanol–water partition coefficient (Wildman–Crippen LogP) is 4.29. The second-order valence-corrected chi connectivity index (χ2v) is 6.65. The molecule has 1 amide bonds. The first kappa shape index (κ1) is 16.1. The highest BCUT2D eigenvalue weighted by Gasteiger charge is 2.31. The SMILES string of the molecule is O=C1N/C(=N/N=C\c2ccc(Cl)cc2Cl)S[C@H]1c1ccccc1. The highest BCUT2D eigenvalue weighted by atomic mass is 35.5. The van der Waals surface area contributed by atoms with E-state index < -0.39 is 0 Å². The molecule has 4 nitrogen and oxygen atoms in total. The molecule has 1 heterocycles. The van der Waals surface area contributed by atoms with Crippen molar-refractivity contribution in [2.24, 2.45) is 10.2 Å². The number of nitrogens with zero attached hydrogens (tertiary/aromatic N) is 2. The average molecular weight is 364 g/mol. The molecule has 0 bridgehead atoms. The summed E-state index contributed by atoms with van der Waals surface area (Å²) in [5.41, 5.74) is 1.64. The van der Waals surface area contributed by atoms with Crippen molar-refractivity contribution in [3.63, 3.8) is 0 Å². The van der Waals surface area contributed by atoms with Crippen LogP contribution in [-0.4, -0.2) is 17.3 Å². The van der Waals surface area contributed by atoms with Crippen LogP contribution in [0.2, 0.25) is 10.0 Å². The number of amidine groups is 1. The average Bonchev–Trinajstić information content (AvgIpc) is 2.91. The lowest BCUT2D eigenvalue weighted by Gasteiger charge is -2.03. The maximum atomic E-state index is 12.0. The summed E-state index contributed by atoms with van der Waals surface area (Å²) < 4.78 is 0. The smallest absolute Gasteiger partial charge is 0.244 e. The summed E-state index contributed by atoms with van der Waals surface area (Å²) in [5.74, 6) is -0.0975. The Morgan fingerprint density at radius 1 is 1.13 bits per heavy atom. The fraction of sp³-hybridized carbons (Fsp3) is 0.0625. The number of hydrogen-bond acceptors (Lipinski definition) is 4. The molecule has 0 spiro atoms. The first-order valence-electron chi connectivity index (χ1n) is 6.72. The van der Waals surface area contributed by atoms with Crippen molar-refractivity contribution in [1.29, 1.82) is 0 Å². The Morgan fingerprint density at radius 3 is 2.65 bits per heavy atom. The molecule has 0 aliphatic carbocycles. The molecule has 3 rings (SSSR count). The van der Waals surface area contributed by atoms with Gasteiger partial charge in [-0.1, -0.05) is 71.4 Å². The lowest BCUT2D eigenvalue weighted by atomic mass is 10.1. The van der Waals surface area contributed by atoms with Crippen molar-refractivity contribution in [3.8, 4) is 0 Å². The number of carbonyl (C=O) groups is 1. The maximum Gasteiger partial charge on any atom is 0.244 e. The van der Waals surface area contributed by atoms with Crippen molar-refractivity contribution >= 4 is 52.3 Å². The van der Waals surface area contributed by atoms with Crippen molar-refractivity contribution < 1.29 is 4.79 Å². The zero-order valence-electron chi connectivity index (χ0n) is 11.7. The standard InChI is InChI=1S/C16H11Cl2N3OS/c17-12-7-6-11(13(18)8-12)9-19-21-16-20-15(22)14(23-16)10-4-2-1-3-5-10/h1-9,14H,(H,20,21,22)/b19-9-/t14-/m0/s1. The van der Waals surface area contributed by atoms with E-state index in [1.54, 1.807) is 18.2 Å². The Bertz CT molecular complexity index is 793. The highest BCUT2D eigenvalue weighted by molar-refractivity contribution is 8.15. The lowest BCUT2D eigenvalue weighted by Crippen LogP contribution is -2.21. The Kier molecular flexibility index (Phi) is 5.00. The minimum atomic E-state index is -0.302. The monoisotopic (exact) mass is 363 g/mol. The zero-order valence-corrected chi connectivity index (χ0v) is 14.1. The van der Waals surface area contributed by atoms with Crippen molar-refractivity contribution in [2.75, 3.05) is 0 Å². The molecule has 1 N–H and O–H groups in total. The van der Waals surface area contributed by atoms with Crippen LogP contribution >= 0.6 is 35.0 Å². The lowest BCUT2D eigenvalue weighted by molar-refractivity contribution is -0.118. The fourth-order valence-corrected chi connectivity index (χ4v) is 3.40. The van der Waals surface area contributed by atoms with Crippen LogP contribution in [-0.2, 0) is 4.79 Å². The molecule has 1 atom stereocenters. The minimum absolute atomic E-state index is 0.0975. The zero-order chi connectivity index (χ0) is 16.2. The number of carbonyl (C=O) groups excluding carboxylic acids is 1. The van der Waals surface area contributed by atoms with Crippen LogP contribution in [0.25, 0.3) is 0 Å². The van der Waals surface area contributed by atoms with Crippen LogP contribution in [0, 0.1) is 0 Å². The van der Waals surface area contributed by atoms with Crippen molar-refractivity contribution in [1.82, 2.24) is 5.32 Å². The topological polar surface area (TPSA) is 53.8 Å². The van der Waals surface area contributed by atoms with E-state index >= 15 is 0 Å². The van der Waals surface area contributed by atoms with Crippen LogP contribution in [0.15, 0.2) is 58.7 Å². The van der Waals surface area contributed by atoms with Crippen LogP contribution in [0.4, 0.5) is 0 Å². The van der Waals surface area contributed by atoms with Crippen LogP contribution in [0.3, 0.4) is 0 Å². The van der Waals surface area contributed by atoms with E-state index in [1.165, 1.54) is 18.0 Å². The molecule has 7 heteroatoms. The largest absolute Gasteiger partial charge is 0.302 e. The van der Waals surface area contributed by atoms with Gasteiger partial charge in [-0.2, -0.15) is 5.10 Å². The van der Waals surface area contributed by atoms with E-state index in [4.69, 9.17) is 23.2 Å². The van der Waals surface area contributed by atoms with Gasteiger partial charge in [0, 0.05) is 10.6 Å². The Hall–Kier alpha value is -1.82. The van der Waals surface area contributed by atoms with Gasteiger partial charge < -0.3 is 5.32 Å². The molecule has 1 saturated heterocycles. The van der Waals surface area contributed by atoms with E-state index in [0.717, 1.165) is 5.56 Å². The van der Waals surface area contributed by atoms with Gasteiger partial charge in [0.1, 0.15) is 5.25 Å².